The summed E-state index contributed by atoms with van der Waals surface area (Å²) in [5, 5.41) is 10.6. The van der Waals surface area contributed by atoms with Crippen LogP contribution in [0.2, 0.25) is 0 Å². The van der Waals surface area contributed by atoms with Gasteiger partial charge >= 0.3 is 0 Å². The monoisotopic (exact) mass is 278 g/mol. The van der Waals surface area contributed by atoms with Crippen LogP contribution in [0.15, 0.2) is 12.1 Å². The van der Waals surface area contributed by atoms with E-state index in [1.807, 2.05) is 26.8 Å². The summed E-state index contributed by atoms with van der Waals surface area (Å²) in [5.74, 6) is 0.843. The van der Waals surface area contributed by atoms with E-state index in [0.29, 0.717) is 5.75 Å². The Morgan fingerprint density at radius 3 is 1.65 bits per heavy atom. The summed E-state index contributed by atoms with van der Waals surface area (Å²) in [6.45, 7) is 18.8. The van der Waals surface area contributed by atoms with Crippen molar-refractivity contribution in [3.8, 4) is 11.5 Å². The number of benzene rings is 1. The predicted molar refractivity (Wildman–Crippen MR) is 85.9 cm³/mol. The van der Waals surface area contributed by atoms with Crippen molar-refractivity contribution in [1.82, 2.24) is 0 Å². The van der Waals surface area contributed by atoms with Gasteiger partial charge in [0.05, 0.1) is 0 Å². The number of phenols is 1. The van der Waals surface area contributed by atoms with Crippen LogP contribution in [0.5, 0.6) is 11.5 Å². The van der Waals surface area contributed by atoms with Crippen LogP contribution in [0.4, 0.5) is 0 Å². The molecule has 114 valence electrons. The highest BCUT2D eigenvalue weighted by Crippen LogP contribution is 2.42. The van der Waals surface area contributed by atoms with Gasteiger partial charge in [0.2, 0.25) is 0 Å². The molecule has 0 fully saturated rings. The van der Waals surface area contributed by atoms with Gasteiger partial charge in [-0.3, -0.25) is 0 Å². The Bertz CT molecular complexity index is 480. The molecular formula is C18H30O2. The molecule has 0 unspecified atom stereocenters. The summed E-state index contributed by atoms with van der Waals surface area (Å²) in [7, 11) is 0. The van der Waals surface area contributed by atoms with Gasteiger partial charge in [0.25, 0.3) is 0 Å². The van der Waals surface area contributed by atoms with Crippen LogP contribution in [0.25, 0.3) is 0 Å². The molecule has 0 atom stereocenters. The minimum Gasteiger partial charge on any atom is -0.504 e. The summed E-state index contributed by atoms with van der Waals surface area (Å²) in [6.07, 6.45) is 0. The lowest BCUT2D eigenvalue weighted by atomic mass is 9.80. The quantitative estimate of drug-likeness (QED) is 0.768. The van der Waals surface area contributed by atoms with Crippen LogP contribution >= 0.6 is 0 Å². The van der Waals surface area contributed by atoms with Crippen LogP contribution in [-0.4, -0.2) is 10.7 Å². The van der Waals surface area contributed by atoms with Gasteiger partial charge in [0.1, 0.15) is 5.60 Å². The zero-order valence-electron chi connectivity index (χ0n) is 14.5. The maximum atomic E-state index is 10.6. The zero-order valence-corrected chi connectivity index (χ0v) is 14.5. The van der Waals surface area contributed by atoms with Crippen LogP contribution in [0, 0.1) is 0 Å². The second-order valence-corrected chi connectivity index (χ2v) is 8.58. The van der Waals surface area contributed by atoms with E-state index < -0.39 is 0 Å². The molecule has 0 aliphatic heterocycles. The molecule has 0 saturated heterocycles. The van der Waals surface area contributed by atoms with Crippen LogP contribution in [-0.2, 0) is 10.8 Å². The number of hydrogen-bond donors (Lipinski definition) is 1. The highest BCUT2D eigenvalue weighted by molar-refractivity contribution is 5.52. The average Bonchev–Trinajstić information content (AvgIpc) is 2.15. The van der Waals surface area contributed by atoms with Crippen molar-refractivity contribution in [3.05, 3.63) is 23.3 Å². The number of aromatic hydroxyl groups is 1. The first-order valence-corrected chi connectivity index (χ1v) is 7.29. The van der Waals surface area contributed by atoms with Crippen molar-refractivity contribution in [2.75, 3.05) is 0 Å². The fraction of sp³-hybridized carbons (Fsp3) is 0.667. The third-order valence-electron chi connectivity index (χ3n) is 3.17. The summed E-state index contributed by atoms with van der Waals surface area (Å²) in [4.78, 5) is 0. The van der Waals surface area contributed by atoms with E-state index in [1.54, 1.807) is 0 Å². The van der Waals surface area contributed by atoms with Gasteiger partial charge in [-0.15, -0.1) is 0 Å². The molecule has 0 heterocycles. The molecule has 0 spiro atoms. The molecule has 0 radical (unpaired) electrons. The van der Waals surface area contributed by atoms with Gasteiger partial charge < -0.3 is 9.84 Å². The molecule has 20 heavy (non-hydrogen) atoms. The standard InChI is InChI=1S/C18H30O2/c1-16(2,3)12-10-13(17(4,5)6)15(19)14(11-12)20-18(7,8)9/h10-11,19H,1-9H3. The molecular weight excluding hydrogens is 248 g/mol. The number of rotatable bonds is 1. The smallest absolute Gasteiger partial charge is 0.162 e. The molecule has 0 saturated carbocycles. The number of ether oxygens (including phenoxy) is 1. The van der Waals surface area contributed by atoms with Crippen molar-refractivity contribution in [2.45, 2.75) is 78.7 Å². The molecule has 2 nitrogen and oxygen atoms in total. The largest absolute Gasteiger partial charge is 0.504 e. The first-order chi connectivity index (χ1) is 8.72. The van der Waals surface area contributed by atoms with E-state index in [4.69, 9.17) is 4.74 Å². The van der Waals surface area contributed by atoms with Crippen molar-refractivity contribution >= 4 is 0 Å². The highest BCUT2D eigenvalue weighted by atomic mass is 16.5. The molecule has 1 aromatic rings. The molecule has 1 aromatic carbocycles. The molecule has 0 aliphatic carbocycles. The molecule has 0 aromatic heterocycles. The normalized spacial score (nSPS) is 13.4. The van der Waals surface area contributed by atoms with E-state index >= 15 is 0 Å². The zero-order chi connectivity index (χ0) is 15.9. The van der Waals surface area contributed by atoms with Crippen LogP contribution in [0.3, 0.4) is 0 Å². The molecule has 0 bridgehead atoms. The second-order valence-electron chi connectivity index (χ2n) is 8.58. The summed E-state index contributed by atoms with van der Waals surface area (Å²) >= 11 is 0. The van der Waals surface area contributed by atoms with Gasteiger partial charge in [-0.2, -0.15) is 0 Å². The SMILES string of the molecule is CC(C)(C)Oc1cc(C(C)(C)C)cc(C(C)(C)C)c1O. The summed E-state index contributed by atoms with van der Waals surface area (Å²) < 4.78 is 5.95. The summed E-state index contributed by atoms with van der Waals surface area (Å²) in [5.41, 5.74) is 1.68. The Hall–Kier alpha value is -1.18. The van der Waals surface area contributed by atoms with Gasteiger partial charge in [0.15, 0.2) is 11.5 Å². The molecule has 0 amide bonds. The lowest BCUT2D eigenvalue weighted by Gasteiger charge is -2.29. The van der Waals surface area contributed by atoms with Crippen molar-refractivity contribution in [1.29, 1.82) is 0 Å². The number of phenolic OH excluding ortho intramolecular Hbond substituents is 1. The minimum absolute atomic E-state index is 0.0176. The summed E-state index contributed by atoms with van der Waals surface area (Å²) in [6, 6.07) is 4.07. The van der Waals surface area contributed by atoms with Crippen molar-refractivity contribution < 1.29 is 9.84 Å². The van der Waals surface area contributed by atoms with Gasteiger partial charge in [-0.25, -0.2) is 0 Å². The van der Waals surface area contributed by atoms with Crippen molar-refractivity contribution in [2.24, 2.45) is 0 Å². The maximum absolute atomic E-state index is 10.6. The third-order valence-corrected chi connectivity index (χ3v) is 3.17. The van der Waals surface area contributed by atoms with Gasteiger partial charge in [-0.1, -0.05) is 47.6 Å². The van der Waals surface area contributed by atoms with E-state index in [9.17, 15) is 5.11 Å². The predicted octanol–water partition coefficient (Wildman–Crippen LogP) is 5.16. The lowest BCUT2D eigenvalue weighted by Crippen LogP contribution is -2.24. The highest BCUT2D eigenvalue weighted by Gasteiger charge is 2.27. The van der Waals surface area contributed by atoms with Gasteiger partial charge in [-0.05, 0) is 43.2 Å². The molecule has 2 heteroatoms. The third kappa shape index (κ3) is 4.16. The van der Waals surface area contributed by atoms with E-state index in [1.165, 1.54) is 5.56 Å². The van der Waals surface area contributed by atoms with Gasteiger partial charge in [0, 0.05) is 5.56 Å². The Kier molecular flexibility index (Phi) is 4.20. The topological polar surface area (TPSA) is 29.5 Å². The number of hydrogen-bond acceptors (Lipinski definition) is 2. The van der Waals surface area contributed by atoms with Crippen LogP contribution in [0.1, 0.15) is 73.4 Å². The van der Waals surface area contributed by atoms with E-state index in [-0.39, 0.29) is 22.2 Å². The van der Waals surface area contributed by atoms with E-state index in [2.05, 4.69) is 47.6 Å². The Morgan fingerprint density at radius 1 is 0.800 bits per heavy atom. The Morgan fingerprint density at radius 2 is 1.30 bits per heavy atom. The fourth-order valence-corrected chi connectivity index (χ4v) is 2.02. The Balaban J connectivity index is 3.51. The Labute approximate surface area is 124 Å². The first kappa shape index (κ1) is 16.9. The van der Waals surface area contributed by atoms with Crippen LogP contribution < -0.4 is 4.74 Å². The van der Waals surface area contributed by atoms with E-state index in [0.717, 1.165) is 5.56 Å². The molecule has 1 rings (SSSR count). The second kappa shape index (κ2) is 4.98. The minimum atomic E-state index is -0.330. The first-order valence-electron chi connectivity index (χ1n) is 7.29. The lowest BCUT2D eigenvalue weighted by molar-refractivity contribution is 0.125. The molecule has 1 N–H and O–H groups in total. The average molecular weight is 278 g/mol. The maximum Gasteiger partial charge on any atom is 0.162 e. The fourth-order valence-electron chi connectivity index (χ4n) is 2.02. The van der Waals surface area contributed by atoms with Crippen molar-refractivity contribution in [3.63, 3.8) is 0 Å². The molecule has 0 aliphatic rings.